The van der Waals surface area contributed by atoms with E-state index in [1.807, 2.05) is 24.3 Å². The predicted molar refractivity (Wildman–Crippen MR) is 108 cm³/mol. The van der Waals surface area contributed by atoms with Crippen LogP contribution in [0, 0.1) is 13.8 Å². The zero-order chi connectivity index (χ0) is 18.1. The van der Waals surface area contributed by atoms with Crippen LogP contribution in [0.3, 0.4) is 0 Å². The SMILES string of the molecule is Cc1cccc(N2CCN(Cc3cc4ccccc4c(=O)[nH]3)CC2)c1C. The van der Waals surface area contributed by atoms with Crippen LogP contribution in [0.1, 0.15) is 16.8 Å². The van der Waals surface area contributed by atoms with Crippen molar-refractivity contribution in [3.8, 4) is 0 Å². The monoisotopic (exact) mass is 347 g/mol. The Morgan fingerprint density at radius 2 is 1.73 bits per heavy atom. The minimum atomic E-state index is 0.00659. The topological polar surface area (TPSA) is 39.3 Å². The molecule has 4 rings (SSSR count). The molecule has 1 saturated heterocycles. The van der Waals surface area contributed by atoms with Crippen molar-refractivity contribution in [2.75, 3.05) is 31.1 Å². The molecule has 0 saturated carbocycles. The number of fused-ring (bicyclic) bond motifs is 1. The van der Waals surface area contributed by atoms with Crippen molar-refractivity contribution in [3.63, 3.8) is 0 Å². The Kier molecular flexibility index (Phi) is 4.51. The van der Waals surface area contributed by atoms with Crippen molar-refractivity contribution >= 4 is 16.5 Å². The van der Waals surface area contributed by atoms with Crippen LogP contribution in [0.25, 0.3) is 10.8 Å². The number of benzene rings is 2. The quantitative estimate of drug-likeness (QED) is 0.789. The van der Waals surface area contributed by atoms with Gasteiger partial charge >= 0.3 is 0 Å². The summed E-state index contributed by atoms with van der Waals surface area (Å²) in [5, 5.41) is 1.77. The minimum Gasteiger partial charge on any atom is -0.369 e. The van der Waals surface area contributed by atoms with E-state index in [2.05, 4.69) is 52.9 Å². The lowest BCUT2D eigenvalue weighted by atomic mass is 10.1. The molecule has 1 aliphatic heterocycles. The molecule has 0 atom stereocenters. The summed E-state index contributed by atoms with van der Waals surface area (Å²) in [5.41, 5.74) is 5.07. The second kappa shape index (κ2) is 6.96. The molecule has 1 aliphatic rings. The number of nitrogens with zero attached hydrogens (tertiary/aromatic N) is 2. The molecule has 0 unspecified atom stereocenters. The lowest BCUT2D eigenvalue weighted by Gasteiger charge is -2.37. The van der Waals surface area contributed by atoms with Crippen molar-refractivity contribution < 1.29 is 0 Å². The van der Waals surface area contributed by atoms with E-state index >= 15 is 0 Å². The molecule has 1 fully saturated rings. The van der Waals surface area contributed by atoms with Gasteiger partial charge in [-0.2, -0.15) is 0 Å². The zero-order valence-electron chi connectivity index (χ0n) is 15.5. The molecule has 26 heavy (non-hydrogen) atoms. The lowest BCUT2D eigenvalue weighted by Crippen LogP contribution is -2.46. The third-order valence-corrected chi connectivity index (χ3v) is 5.49. The summed E-state index contributed by atoms with van der Waals surface area (Å²) in [6, 6.07) is 16.4. The number of piperazine rings is 1. The van der Waals surface area contributed by atoms with Crippen LogP contribution >= 0.6 is 0 Å². The first-order valence-corrected chi connectivity index (χ1v) is 9.26. The van der Waals surface area contributed by atoms with Gasteiger partial charge in [0.2, 0.25) is 0 Å². The number of rotatable bonds is 3. The van der Waals surface area contributed by atoms with Gasteiger partial charge in [-0.05, 0) is 48.6 Å². The van der Waals surface area contributed by atoms with E-state index in [-0.39, 0.29) is 5.56 Å². The van der Waals surface area contributed by atoms with Crippen molar-refractivity contribution in [2.45, 2.75) is 20.4 Å². The minimum absolute atomic E-state index is 0.00659. The van der Waals surface area contributed by atoms with Crippen molar-refractivity contribution in [1.82, 2.24) is 9.88 Å². The lowest BCUT2D eigenvalue weighted by molar-refractivity contribution is 0.247. The molecule has 1 aromatic heterocycles. The van der Waals surface area contributed by atoms with Gasteiger partial charge in [-0.25, -0.2) is 0 Å². The third-order valence-electron chi connectivity index (χ3n) is 5.49. The molecule has 0 spiro atoms. The number of pyridine rings is 1. The van der Waals surface area contributed by atoms with E-state index < -0.39 is 0 Å². The summed E-state index contributed by atoms with van der Waals surface area (Å²) >= 11 is 0. The highest BCUT2D eigenvalue weighted by Gasteiger charge is 2.19. The van der Waals surface area contributed by atoms with Gasteiger partial charge in [0, 0.05) is 49.5 Å². The Bertz CT molecular complexity index is 984. The van der Waals surface area contributed by atoms with Gasteiger partial charge in [-0.15, -0.1) is 0 Å². The fourth-order valence-electron chi connectivity index (χ4n) is 3.82. The maximum absolute atomic E-state index is 12.3. The van der Waals surface area contributed by atoms with Gasteiger partial charge in [-0.3, -0.25) is 9.69 Å². The van der Waals surface area contributed by atoms with Gasteiger partial charge in [-0.1, -0.05) is 30.3 Å². The number of aryl methyl sites for hydroxylation is 1. The van der Waals surface area contributed by atoms with Gasteiger partial charge in [0.05, 0.1) is 0 Å². The molecule has 0 bridgehead atoms. The largest absolute Gasteiger partial charge is 0.369 e. The van der Waals surface area contributed by atoms with Crippen LogP contribution in [-0.2, 0) is 6.54 Å². The highest BCUT2D eigenvalue weighted by atomic mass is 16.1. The highest BCUT2D eigenvalue weighted by molar-refractivity contribution is 5.81. The van der Waals surface area contributed by atoms with Crippen LogP contribution < -0.4 is 10.5 Å². The summed E-state index contributed by atoms with van der Waals surface area (Å²) < 4.78 is 0. The molecule has 4 nitrogen and oxygen atoms in total. The summed E-state index contributed by atoms with van der Waals surface area (Å²) in [6.45, 7) is 9.21. The van der Waals surface area contributed by atoms with Crippen LogP contribution in [0.5, 0.6) is 0 Å². The van der Waals surface area contributed by atoms with Gasteiger partial charge < -0.3 is 9.88 Å². The zero-order valence-corrected chi connectivity index (χ0v) is 15.5. The van der Waals surface area contributed by atoms with Crippen molar-refractivity contribution in [1.29, 1.82) is 0 Å². The molecule has 4 heteroatoms. The molecular formula is C22H25N3O. The number of hydrogen-bond acceptors (Lipinski definition) is 3. The van der Waals surface area contributed by atoms with Crippen molar-refractivity contribution in [3.05, 3.63) is 75.7 Å². The van der Waals surface area contributed by atoms with Crippen LogP contribution in [0.2, 0.25) is 0 Å². The summed E-state index contributed by atoms with van der Waals surface area (Å²) in [7, 11) is 0. The number of anilines is 1. The van der Waals surface area contributed by atoms with Gasteiger partial charge in [0.1, 0.15) is 0 Å². The summed E-state index contributed by atoms with van der Waals surface area (Å²) in [6.07, 6.45) is 0. The number of hydrogen-bond donors (Lipinski definition) is 1. The van der Waals surface area contributed by atoms with Gasteiger partial charge in [0.15, 0.2) is 0 Å². The average molecular weight is 347 g/mol. The Balaban J connectivity index is 1.46. The molecule has 2 aromatic carbocycles. The first-order chi connectivity index (χ1) is 12.6. The van der Waals surface area contributed by atoms with E-state index in [0.717, 1.165) is 49.2 Å². The molecule has 0 aliphatic carbocycles. The smallest absolute Gasteiger partial charge is 0.256 e. The number of H-pyrrole nitrogens is 1. The number of aromatic nitrogens is 1. The fraction of sp³-hybridized carbons (Fsp3) is 0.318. The Labute approximate surface area is 154 Å². The number of aromatic amines is 1. The van der Waals surface area contributed by atoms with Crippen molar-refractivity contribution in [2.24, 2.45) is 0 Å². The Hall–Kier alpha value is -2.59. The fourth-order valence-corrected chi connectivity index (χ4v) is 3.82. The summed E-state index contributed by atoms with van der Waals surface area (Å²) in [4.78, 5) is 20.2. The molecule has 134 valence electrons. The Morgan fingerprint density at radius 3 is 2.54 bits per heavy atom. The molecular weight excluding hydrogens is 322 g/mol. The molecule has 2 heterocycles. The first-order valence-electron chi connectivity index (χ1n) is 9.26. The van der Waals surface area contributed by atoms with E-state index in [0.29, 0.717) is 0 Å². The van der Waals surface area contributed by atoms with E-state index in [9.17, 15) is 4.79 Å². The first kappa shape index (κ1) is 16.9. The highest BCUT2D eigenvalue weighted by Crippen LogP contribution is 2.24. The second-order valence-corrected chi connectivity index (χ2v) is 7.19. The van der Waals surface area contributed by atoms with Gasteiger partial charge in [0.25, 0.3) is 5.56 Å². The van der Waals surface area contributed by atoms with E-state index in [4.69, 9.17) is 0 Å². The van der Waals surface area contributed by atoms with Crippen LogP contribution in [-0.4, -0.2) is 36.1 Å². The molecule has 0 radical (unpaired) electrons. The van der Waals surface area contributed by atoms with E-state index in [1.165, 1.54) is 16.8 Å². The average Bonchev–Trinajstić information content (AvgIpc) is 2.65. The maximum atomic E-state index is 12.3. The summed E-state index contributed by atoms with van der Waals surface area (Å²) in [5.74, 6) is 0. The van der Waals surface area contributed by atoms with Crippen LogP contribution in [0.4, 0.5) is 5.69 Å². The second-order valence-electron chi connectivity index (χ2n) is 7.19. The predicted octanol–water partition coefficient (Wildman–Crippen LogP) is 3.47. The molecule has 3 aromatic rings. The Morgan fingerprint density at radius 1 is 0.962 bits per heavy atom. The number of nitrogens with one attached hydrogen (secondary N) is 1. The molecule has 1 N–H and O–H groups in total. The maximum Gasteiger partial charge on any atom is 0.256 e. The third kappa shape index (κ3) is 3.25. The molecule has 0 amide bonds. The van der Waals surface area contributed by atoms with E-state index in [1.54, 1.807) is 0 Å². The van der Waals surface area contributed by atoms with Crippen LogP contribution in [0.15, 0.2) is 53.3 Å². The standard InChI is InChI=1S/C22H25N3O/c1-16-6-5-9-21(17(16)2)25-12-10-24(11-13-25)15-19-14-18-7-3-4-8-20(18)22(26)23-19/h3-9,14H,10-13,15H2,1-2H3,(H,23,26). The normalized spacial score (nSPS) is 15.5.